The van der Waals surface area contributed by atoms with Crippen LogP contribution in [0.2, 0.25) is 0 Å². The zero-order chi connectivity index (χ0) is 13.8. The van der Waals surface area contributed by atoms with Crippen molar-refractivity contribution in [3.63, 3.8) is 0 Å². The average Bonchev–Trinajstić information content (AvgIpc) is 3.22. The Morgan fingerprint density at radius 2 is 2.26 bits per heavy atom. The second kappa shape index (κ2) is 6.21. The van der Waals surface area contributed by atoms with Crippen molar-refractivity contribution in [2.45, 2.75) is 37.6 Å². The number of carbonyl (C=O) groups is 1. The van der Waals surface area contributed by atoms with Crippen LogP contribution in [0.25, 0.3) is 0 Å². The number of nitrogen functional groups attached to an aromatic ring is 1. The highest BCUT2D eigenvalue weighted by atomic mass is 32.2. The molecule has 19 heavy (non-hydrogen) atoms. The quantitative estimate of drug-likeness (QED) is 0.269. The van der Waals surface area contributed by atoms with Gasteiger partial charge in [-0.15, -0.1) is 0 Å². The molecule has 6 nitrogen and oxygen atoms in total. The third kappa shape index (κ3) is 3.57. The first-order valence-corrected chi connectivity index (χ1v) is 7.27. The summed E-state index contributed by atoms with van der Waals surface area (Å²) < 4.78 is 4.91. The Hall–Kier alpha value is -1.34. The minimum Gasteiger partial charge on any atom is -0.465 e. The predicted molar refractivity (Wildman–Crippen MR) is 73.9 cm³/mol. The summed E-state index contributed by atoms with van der Waals surface area (Å²) >= 11 is 1.36. The Bertz CT molecular complexity index is 477. The van der Waals surface area contributed by atoms with E-state index in [9.17, 15) is 4.79 Å². The molecule has 1 aliphatic carbocycles. The standard InChI is InChI=1S/C12H18N4O2S/c1-3-18-9(17)6-19-12-7(2)10(16-13)14-11(15-12)8-4-5-8/h8H,3-6,13H2,1-2H3,(H,14,15,16). The third-order valence-electron chi connectivity index (χ3n) is 2.83. The van der Waals surface area contributed by atoms with E-state index in [1.807, 2.05) is 6.92 Å². The number of esters is 1. The van der Waals surface area contributed by atoms with Crippen LogP contribution in [0.1, 0.15) is 37.1 Å². The fourth-order valence-electron chi connectivity index (χ4n) is 1.65. The van der Waals surface area contributed by atoms with Crippen molar-refractivity contribution in [3.05, 3.63) is 11.4 Å². The number of hydrogen-bond acceptors (Lipinski definition) is 7. The van der Waals surface area contributed by atoms with E-state index >= 15 is 0 Å². The van der Waals surface area contributed by atoms with Crippen LogP contribution in [0.3, 0.4) is 0 Å². The third-order valence-corrected chi connectivity index (χ3v) is 3.88. The van der Waals surface area contributed by atoms with Gasteiger partial charge in [0.15, 0.2) is 0 Å². The van der Waals surface area contributed by atoms with E-state index in [2.05, 4.69) is 15.4 Å². The lowest BCUT2D eigenvalue weighted by atomic mass is 10.3. The highest BCUT2D eigenvalue weighted by Crippen LogP contribution is 2.39. The lowest BCUT2D eigenvalue weighted by Gasteiger charge is -2.11. The zero-order valence-electron chi connectivity index (χ0n) is 11.1. The van der Waals surface area contributed by atoms with E-state index in [0.29, 0.717) is 18.3 Å². The Balaban J connectivity index is 2.13. The molecule has 0 atom stereocenters. The SMILES string of the molecule is CCOC(=O)CSc1nc(C2CC2)nc(NN)c1C. The normalized spacial score (nSPS) is 14.3. The molecule has 3 N–H and O–H groups in total. The molecule has 2 rings (SSSR count). The number of nitrogens with zero attached hydrogens (tertiary/aromatic N) is 2. The monoisotopic (exact) mass is 282 g/mol. The van der Waals surface area contributed by atoms with Gasteiger partial charge in [-0.3, -0.25) is 4.79 Å². The summed E-state index contributed by atoms with van der Waals surface area (Å²) in [5, 5.41) is 0.790. The van der Waals surface area contributed by atoms with E-state index in [1.54, 1.807) is 6.92 Å². The van der Waals surface area contributed by atoms with Gasteiger partial charge in [-0.2, -0.15) is 0 Å². The van der Waals surface area contributed by atoms with Gasteiger partial charge in [0, 0.05) is 11.5 Å². The van der Waals surface area contributed by atoms with E-state index in [-0.39, 0.29) is 11.7 Å². The molecule has 1 fully saturated rings. The first-order chi connectivity index (χ1) is 9.15. The lowest BCUT2D eigenvalue weighted by Crippen LogP contribution is -2.13. The molecule has 1 aromatic heterocycles. The predicted octanol–water partition coefficient (Wildman–Crippen LogP) is 1.60. The van der Waals surface area contributed by atoms with Crippen molar-refractivity contribution >= 4 is 23.5 Å². The lowest BCUT2D eigenvalue weighted by molar-refractivity contribution is -0.139. The van der Waals surface area contributed by atoms with Gasteiger partial charge in [0.25, 0.3) is 0 Å². The molecular weight excluding hydrogens is 264 g/mol. The number of ether oxygens (including phenoxy) is 1. The molecular formula is C12H18N4O2S. The number of nitrogens with two attached hydrogens (primary N) is 1. The summed E-state index contributed by atoms with van der Waals surface area (Å²) in [7, 11) is 0. The van der Waals surface area contributed by atoms with E-state index in [4.69, 9.17) is 10.6 Å². The molecule has 0 radical (unpaired) electrons. The topological polar surface area (TPSA) is 90.1 Å². The van der Waals surface area contributed by atoms with Gasteiger partial charge in [-0.1, -0.05) is 11.8 Å². The largest absolute Gasteiger partial charge is 0.465 e. The Kier molecular flexibility index (Phi) is 4.60. The summed E-state index contributed by atoms with van der Waals surface area (Å²) in [5.41, 5.74) is 3.45. The van der Waals surface area contributed by atoms with E-state index in [0.717, 1.165) is 29.3 Å². The molecule has 1 heterocycles. The van der Waals surface area contributed by atoms with Crippen LogP contribution < -0.4 is 11.3 Å². The summed E-state index contributed by atoms with van der Waals surface area (Å²) in [6, 6.07) is 0. The minimum atomic E-state index is -0.235. The Morgan fingerprint density at radius 1 is 1.53 bits per heavy atom. The maximum absolute atomic E-state index is 11.4. The van der Waals surface area contributed by atoms with Gasteiger partial charge in [0.1, 0.15) is 16.7 Å². The van der Waals surface area contributed by atoms with Crippen LogP contribution in [0.5, 0.6) is 0 Å². The first kappa shape index (κ1) is 14.1. The van der Waals surface area contributed by atoms with Gasteiger partial charge in [-0.05, 0) is 26.7 Å². The van der Waals surface area contributed by atoms with Gasteiger partial charge < -0.3 is 10.2 Å². The Morgan fingerprint density at radius 3 is 2.84 bits per heavy atom. The highest BCUT2D eigenvalue weighted by molar-refractivity contribution is 7.99. The maximum Gasteiger partial charge on any atom is 0.316 e. The van der Waals surface area contributed by atoms with Crippen LogP contribution >= 0.6 is 11.8 Å². The summed E-state index contributed by atoms with van der Waals surface area (Å²) in [4.78, 5) is 20.3. The van der Waals surface area contributed by atoms with E-state index in [1.165, 1.54) is 11.8 Å². The maximum atomic E-state index is 11.4. The van der Waals surface area contributed by atoms with Crippen molar-refractivity contribution in [3.8, 4) is 0 Å². The van der Waals surface area contributed by atoms with Crippen LogP contribution in [0.15, 0.2) is 5.03 Å². The first-order valence-electron chi connectivity index (χ1n) is 6.29. The van der Waals surface area contributed by atoms with Crippen molar-refractivity contribution in [1.29, 1.82) is 0 Å². The van der Waals surface area contributed by atoms with E-state index < -0.39 is 0 Å². The zero-order valence-corrected chi connectivity index (χ0v) is 11.9. The molecule has 0 aliphatic heterocycles. The van der Waals surface area contributed by atoms with Gasteiger partial charge in [0.05, 0.1) is 12.4 Å². The second-order valence-electron chi connectivity index (χ2n) is 4.37. The van der Waals surface area contributed by atoms with Crippen molar-refractivity contribution in [2.75, 3.05) is 17.8 Å². The van der Waals surface area contributed by atoms with Crippen LogP contribution in [0, 0.1) is 6.92 Å². The molecule has 104 valence electrons. The molecule has 0 amide bonds. The molecule has 0 bridgehead atoms. The fraction of sp³-hybridized carbons (Fsp3) is 0.583. The molecule has 1 saturated carbocycles. The Labute approximate surface area is 116 Å². The van der Waals surface area contributed by atoms with Gasteiger partial charge in [-0.25, -0.2) is 15.8 Å². The highest BCUT2D eigenvalue weighted by Gasteiger charge is 2.28. The number of aromatic nitrogens is 2. The number of carbonyl (C=O) groups excluding carboxylic acids is 1. The fourth-order valence-corrected chi connectivity index (χ4v) is 2.46. The summed E-state index contributed by atoms with van der Waals surface area (Å²) in [5.74, 6) is 7.36. The van der Waals surface area contributed by atoms with Crippen LogP contribution in [0.4, 0.5) is 5.82 Å². The summed E-state index contributed by atoms with van der Waals surface area (Å²) in [6.45, 7) is 4.07. The number of hydrogen-bond donors (Lipinski definition) is 2. The second-order valence-corrected chi connectivity index (χ2v) is 5.34. The molecule has 1 aliphatic rings. The number of thioether (sulfide) groups is 1. The number of hydrazine groups is 1. The minimum absolute atomic E-state index is 0.235. The molecule has 0 aromatic carbocycles. The number of rotatable bonds is 6. The molecule has 7 heteroatoms. The van der Waals surface area contributed by atoms with Crippen LogP contribution in [-0.2, 0) is 9.53 Å². The number of anilines is 1. The van der Waals surface area contributed by atoms with Gasteiger partial charge >= 0.3 is 5.97 Å². The molecule has 0 spiro atoms. The molecule has 0 unspecified atom stereocenters. The van der Waals surface area contributed by atoms with Crippen LogP contribution in [-0.4, -0.2) is 28.3 Å². The van der Waals surface area contributed by atoms with Crippen molar-refractivity contribution < 1.29 is 9.53 Å². The summed E-state index contributed by atoms with van der Waals surface area (Å²) in [6.07, 6.45) is 2.24. The molecule has 0 saturated heterocycles. The smallest absolute Gasteiger partial charge is 0.316 e. The average molecular weight is 282 g/mol. The van der Waals surface area contributed by atoms with Crippen molar-refractivity contribution in [1.82, 2.24) is 9.97 Å². The number of nitrogens with one attached hydrogen (secondary N) is 1. The molecule has 1 aromatic rings. The van der Waals surface area contributed by atoms with Crippen molar-refractivity contribution in [2.24, 2.45) is 5.84 Å². The van der Waals surface area contributed by atoms with Gasteiger partial charge in [0.2, 0.25) is 0 Å².